The highest BCUT2D eigenvalue weighted by Crippen LogP contribution is 2.25. The first kappa shape index (κ1) is 17.4. The van der Waals surface area contributed by atoms with Gasteiger partial charge in [-0.25, -0.2) is 4.79 Å². The minimum atomic E-state index is -0.571. The molecule has 2 aromatic rings. The first-order valence-corrected chi connectivity index (χ1v) is 8.74. The van der Waals surface area contributed by atoms with Crippen molar-refractivity contribution in [3.63, 3.8) is 0 Å². The fourth-order valence-electron chi connectivity index (χ4n) is 3.11. The maximum absolute atomic E-state index is 12.5. The molecule has 134 valence electrons. The summed E-state index contributed by atoms with van der Waals surface area (Å²) in [5.74, 6) is 1.86. The normalized spacial score (nSPS) is 14.4. The molecule has 0 fully saturated rings. The van der Waals surface area contributed by atoms with Crippen molar-refractivity contribution >= 4 is 11.7 Å². The van der Waals surface area contributed by atoms with Gasteiger partial charge in [-0.3, -0.25) is 0 Å². The summed E-state index contributed by atoms with van der Waals surface area (Å²) in [6.45, 7) is 6.76. The Hall–Kier alpha value is -2.41. The summed E-state index contributed by atoms with van der Waals surface area (Å²) < 4.78 is 2.13. The number of nitrogens with zero attached hydrogens (tertiary/aromatic N) is 4. The molecule has 0 bridgehead atoms. The first-order valence-electron chi connectivity index (χ1n) is 8.74. The zero-order valence-electron chi connectivity index (χ0n) is 14.9. The molecule has 7 heteroatoms. The molecule has 25 heavy (non-hydrogen) atoms. The van der Waals surface area contributed by atoms with E-state index in [0.717, 1.165) is 36.6 Å². The zero-order valence-corrected chi connectivity index (χ0v) is 14.9. The maximum Gasteiger partial charge on any atom is 0.322 e. The number of aromatic nitrogens is 3. The van der Waals surface area contributed by atoms with Crippen molar-refractivity contribution in [2.45, 2.75) is 52.3 Å². The van der Waals surface area contributed by atoms with Gasteiger partial charge in [0.1, 0.15) is 5.82 Å². The molecule has 7 nitrogen and oxygen atoms in total. The molecule has 0 saturated carbocycles. The molecule has 1 aliphatic heterocycles. The lowest BCUT2D eigenvalue weighted by molar-refractivity contribution is 0.125. The van der Waals surface area contributed by atoms with Crippen molar-refractivity contribution in [2.24, 2.45) is 0 Å². The van der Waals surface area contributed by atoms with Crippen LogP contribution >= 0.6 is 0 Å². The average molecular weight is 343 g/mol. The second-order valence-corrected chi connectivity index (χ2v) is 6.80. The Balaban J connectivity index is 1.78. The number of hydrogen-bond donors (Lipinski definition) is 2. The third-order valence-electron chi connectivity index (χ3n) is 4.33. The molecule has 1 aliphatic rings. The predicted octanol–water partition coefficient (Wildman–Crippen LogP) is 2.51. The number of benzene rings is 1. The largest absolute Gasteiger partial charge is 0.392 e. The van der Waals surface area contributed by atoms with Crippen LogP contribution in [0.2, 0.25) is 0 Å². The number of aryl methyl sites for hydroxylation is 1. The third-order valence-corrected chi connectivity index (χ3v) is 4.33. The monoisotopic (exact) mass is 343 g/mol. The number of amides is 2. The Kier molecular flexibility index (Phi) is 5.03. The number of rotatable bonds is 5. The van der Waals surface area contributed by atoms with Gasteiger partial charge in [0.05, 0.1) is 6.10 Å². The van der Waals surface area contributed by atoms with Crippen molar-refractivity contribution in [2.75, 3.05) is 11.9 Å². The lowest BCUT2D eigenvalue weighted by atomic mass is 10.2. The molecule has 1 aromatic heterocycles. The quantitative estimate of drug-likeness (QED) is 0.874. The van der Waals surface area contributed by atoms with Crippen LogP contribution in [-0.2, 0) is 13.0 Å². The fraction of sp³-hybridized carbons (Fsp3) is 0.500. The maximum atomic E-state index is 12.5. The van der Waals surface area contributed by atoms with Crippen LogP contribution < -0.4 is 5.32 Å². The van der Waals surface area contributed by atoms with Crippen molar-refractivity contribution in [1.29, 1.82) is 0 Å². The summed E-state index contributed by atoms with van der Waals surface area (Å²) in [7, 11) is 0. The molecule has 3 rings (SSSR count). The van der Waals surface area contributed by atoms with Crippen molar-refractivity contribution in [1.82, 2.24) is 19.7 Å². The topological polar surface area (TPSA) is 83.3 Å². The third kappa shape index (κ3) is 3.82. The Bertz CT molecular complexity index is 754. The van der Waals surface area contributed by atoms with Gasteiger partial charge in [0.25, 0.3) is 0 Å². The van der Waals surface area contributed by atoms with Crippen LogP contribution in [-0.4, -0.2) is 49.5 Å². The predicted molar refractivity (Wildman–Crippen MR) is 96.3 cm³/mol. The van der Waals surface area contributed by atoms with Gasteiger partial charge in [-0.2, -0.15) is 0 Å². The molecule has 0 aliphatic carbocycles. The molecule has 2 amide bonds. The number of carbonyl (C=O) groups excluding carboxylic acids is 1. The molecule has 1 aromatic carbocycles. The van der Waals surface area contributed by atoms with Gasteiger partial charge in [-0.15, -0.1) is 10.2 Å². The molecule has 0 radical (unpaired) electrons. The summed E-state index contributed by atoms with van der Waals surface area (Å²) in [6.07, 6.45) is 1.49. The van der Waals surface area contributed by atoms with Gasteiger partial charge in [0.2, 0.25) is 0 Å². The van der Waals surface area contributed by atoms with E-state index in [0.29, 0.717) is 12.2 Å². The van der Waals surface area contributed by atoms with Crippen LogP contribution in [0.4, 0.5) is 10.5 Å². The summed E-state index contributed by atoms with van der Waals surface area (Å²) in [6, 6.07) is 7.41. The van der Waals surface area contributed by atoms with E-state index in [9.17, 15) is 9.90 Å². The molecule has 0 spiro atoms. The van der Waals surface area contributed by atoms with E-state index in [-0.39, 0.29) is 12.1 Å². The van der Waals surface area contributed by atoms with Gasteiger partial charge in [-0.05, 0) is 39.3 Å². The molecular weight excluding hydrogens is 318 g/mol. The minimum Gasteiger partial charge on any atom is -0.392 e. The highest BCUT2D eigenvalue weighted by Gasteiger charge is 2.20. The second kappa shape index (κ2) is 7.23. The molecule has 2 N–H and O–H groups in total. The van der Waals surface area contributed by atoms with Crippen molar-refractivity contribution in [3.05, 3.63) is 30.1 Å². The van der Waals surface area contributed by atoms with E-state index in [1.807, 2.05) is 38.1 Å². The van der Waals surface area contributed by atoms with Crippen molar-refractivity contribution in [3.8, 4) is 11.4 Å². The van der Waals surface area contributed by atoms with Gasteiger partial charge in [-0.1, -0.05) is 12.1 Å². The minimum absolute atomic E-state index is 0.00227. The fourth-order valence-corrected chi connectivity index (χ4v) is 3.11. The van der Waals surface area contributed by atoms with E-state index in [1.54, 1.807) is 11.8 Å². The van der Waals surface area contributed by atoms with E-state index in [4.69, 9.17) is 0 Å². The molecule has 1 atom stereocenters. The van der Waals surface area contributed by atoms with Gasteiger partial charge < -0.3 is 19.9 Å². The van der Waals surface area contributed by atoms with Crippen molar-refractivity contribution < 1.29 is 9.90 Å². The highest BCUT2D eigenvalue weighted by atomic mass is 16.3. The van der Waals surface area contributed by atoms with E-state index < -0.39 is 6.10 Å². The van der Waals surface area contributed by atoms with Crippen LogP contribution in [0.15, 0.2) is 24.3 Å². The summed E-state index contributed by atoms with van der Waals surface area (Å²) in [5.41, 5.74) is 1.64. The number of urea groups is 1. The Labute approximate surface area is 147 Å². The summed E-state index contributed by atoms with van der Waals surface area (Å²) in [5, 5.41) is 21.0. The summed E-state index contributed by atoms with van der Waals surface area (Å²) >= 11 is 0. The van der Waals surface area contributed by atoms with E-state index >= 15 is 0 Å². The molecule has 0 saturated heterocycles. The van der Waals surface area contributed by atoms with Gasteiger partial charge in [0, 0.05) is 36.8 Å². The van der Waals surface area contributed by atoms with Crippen LogP contribution in [0, 0.1) is 0 Å². The number of fused-ring (bicyclic) bond motifs is 1. The second-order valence-electron chi connectivity index (χ2n) is 6.80. The number of aliphatic hydroxyl groups excluding tert-OH is 1. The molecule has 1 unspecified atom stereocenters. The highest BCUT2D eigenvalue weighted by molar-refractivity contribution is 5.90. The van der Waals surface area contributed by atoms with Crippen LogP contribution in [0.25, 0.3) is 11.4 Å². The van der Waals surface area contributed by atoms with E-state index in [2.05, 4.69) is 20.1 Å². The number of anilines is 1. The first-order chi connectivity index (χ1) is 12.0. The van der Waals surface area contributed by atoms with Gasteiger partial charge in [0.15, 0.2) is 5.82 Å². The van der Waals surface area contributed by atoms with Gasteiger partial charge >= 0.3 is 6.03 Å². The van der Waals surface area contributed by atoms with Crippen LogP contribution in [0.3, 0.4) is 0 Å². The Morgan fingerprint density at radius 3 is 2.88 bits per heavy atom. The number of nitrogens with one attached hydrogen (secondary N) is 1. The van der Waals surface area contributed by atoms with Crippen LogP contribution in [0.1, 0.15) is 33.0 Å². The van der Waals surface area contributed by atoms with E-state index in [1.165, 1.54) is 0 Å². The number of carbonyl (C=O) groups is 1. The summed E-state index contributed by atoms with van der Waals surface area (Å²) in [4.78, 5) is 14.2. The zero-order chi connectivity index (χ0) is 18.0. The lowest BCUT2D eigenvalue weighted by Gasteiger charge is -2.28. The average Bonchev–Trinajstić information content (AvgIpc) is 3.15. The SMILES string of the molecule is CC(O)CN(C(=O)Nc1cccc(-c2nnc3n2CCC3)c1)C(C)C. The molecule has 2 heterocycles. The smallest absolute Gasteiger partial charge is 0.322 e. The molecular formula is C18H25N5O2. The van der Waals surface area contributed by atoms with Crippen LogP contribution in [0.5, 0.6) is 0 Å². The standard InChI is InChI=1S/C18H25N5O2/c1-12(2)23(11-13(3)24)18(25)19-15-7-4-6-14(10-15)17-21-20-16-8-5-9-22(16)17/h4,6-7,10,12-13,24H,5,8-9,11H2,1-3H3,(H,19,25). The number of hydrogen-bond acceptors (Lipinski definition) is 4. The lowest BCUT2D eigenvalue weighted by Crippen LogP contribution is -2.43. The Morgan fingerprint density at radius 1 is 1.36 bits per heavy atom. The Morgan fingerprint density at radius 2 is 2.16 bits per heavy atom. The number of aliphatic hydroxyl groups is 1.